The number of nitrogens with two attached hydrogens (primary N) is 1. The van der Waals surface area contributed by atoms with E-state index in [9.17, 15) is 4.79 Å². The van der Waals surface area contributed by atoms with E-state index in [-0.39, 0.29) is 12.4 Å². The lowest BCUT2D eigenvalue weighted by molar-refractivity contribution is 0.250. The van der Waals surface area contributed by atoms with E-state index in [4.69, 9.17) is 5.73 Å². The molecule has 1 heterocycles. The van der Waals surface area contributed by atoms with Gasteiger partial charge in [-0.1, -0.05) is 0 Å². The molecule has 1 aromatic rings. The lowest BCUT2D eigenvalue weighted by Crippen LogP contribution is -2.19. The molecule has 2 N–H and O–H groups in total. The van der Waals surface area contributed by atoms with Crippen molar-refractivity contribution in [3.63, 3.8) is 0 Å². The normalized spacial score (nSPS) is 9.25. The largest absolute Gasteiger partial charge is 0.351 e. The third kappa shape index (κ3) is 1.61. The molecule has 0 bridgehead atoms. The maximum atomic E-state index is 10.8. The molecule has 0 saturated heterocycles. The fourth-order valence-corrected chi connectivity index (χ4v) is 1.08. The molecule has 3 nitrogen and oxygen atoms in total. The predicted octanol–water partition coefficient (Wildman–Crippen LogP) is 1.76. The van der Waals surface area contributed by atoms with E-state index in [0.29, 0.717) is 0 Å². The minimum atomic E-state index is -0.418. The zero-order valence-electron chi connectivity index (χ0n) is 7.42. The summed E-state index contributed by atoms with van der Waals surface area (Å²) in [5.74, 6) is 0. The molecule has 0 spiro atoms. The average Bonchev–Trinajstić information content (AvgIpc) is 2.17. The minimum Gasteiger partial charge on any atom is -0.351 e. The standard InChI is InChI=1S/C8H12N2O.ClH/c1-5-4-10(8(9)11)7(3)6(5)2;/h4H,1-3H3,(H2,9,11);1H. The summed E-state index contributed by atoms with van der Waals surface area (Å²) in [5, 5.41) is 0. The fourth-order valence-electron chi connectivity index (χ4n) is 1.08. The molecule has 0 aliphatic rings. The van der Waals surface area contributed by atoms with Crippen LogP contribution >= 0.6 is 12.4 Å². The van der Waals surface area contributed by atoms with Gasteiger partial charge in [-0.25, -0.2) is 4.79 Å². The number of rotatable bonds is 0. The van der Waals surface area contributed by atoms with E-state index >= 15 is 0 Å². The number of carbonyl (C=O) groups excluding carboxylic acids is 1. The van der Waals surface area contributed by atoms with Gasteiger partial charge in [-0.05, 0) is 31.9 Å². The Morgan fingerprint density at radius 1 is 1.42 bits per heavy atom. The number of aryl methyl sites for hydroxylation is 1. The molecule has 0 aliphatic heterocycles. The molecule has 1 aromatic heterocycles. The highest BCUT2D eigenvalue weighted by Gasteiger charge is 2.07. The molecule has 12 heavy (non-hydrogen) atoms. The molecule has 68 valence electrons. The third-order valence-electron chi connectivity index (χ3n) is 2.06. The summed E-state index contributed by atoms with van der Waals surface area (Å²) >= 11 is 0. The number of nitrogens with zero attached hydrogens (tertiary/aromatic N) is 1. The van der Waals surface area contributed by atoms with Gasteiger partial charge in [0.1, 0.15) is 0 Å². The average molecular weight is 189 g/mol. The van der Waals surface area contributed by atoms with Gasteiger partial charge >= 0.3 is 6.03 Å². The van der Waals surface area contributed by atoms with Gasteiger partial charge < -0.3 is 5.73 Å². The number of halogens is 1. The second kappa shape index (κ2) is 3.63. The van der Waals surface area contributed by atoms with Crippen molar-refractivity contribution < 1.29 is 4.79 Å². The van der Waals surface area contributed by atoms with Crippen molar-refractivity contribution in [3.05, 3.63) is 23.0 Å². The topological polar surface area (TPSA) is 48.0 Å². The highest BCUT2D eigenvalue weighted by Crippen LogP contribution is 2.13. The summed E-state index contributed by atoms with van der Waals surface area (Å²) in [5.41, 5.74) is 8.27. The van der Waals surface area contributed by atoms with Crippen LogP contribution < -0.4 is 5.73 Å². The predicted molar refractivity (Wildman–Crippen MR) is 50.9 cm³/mol. The van der Waals surface area contributed by atoms with E-state index < -0.39 is 6.03 Å². The summed E-state index contributed by atoms with van der Waals surface area (Å²) in [7, 11) is 0. The van der Waals surface area contributed by atoms with Crippen LogP contribution in [-0.2, 0) is 0 Å². The lowest BCUT2D eigenvalue weighted by atomic mass is 10.2. The van der Waals surface area contributed by atoms with E-state index in [1.165, 1.54) is 4.57 Å². The van der Waals surface area contributed by atoms with Crippen LogP contribution in [0.1, 0.15) is 16.8 Å². The van der Waals surface area contributed by atoms with Crippen molar-refractivity contribution in [2.45, 2.75) is 20.8 Å². The molecule has 0 aliphatic carbocycles. The summed E-state index contributed by atoms with van der Waals surface area (Å²) in [4.78, 5) is 10.8. The number of amides is 1. The Morgan fingerprint density at radius 3 is 2.08 bits per heavy atom. The van der Waals surface area contributed by atoms with Crippen LogP contribution in [0.3, 0.4) is 0 Å². The molecule has 0 atom stereocenters. The van der Waals surface area contributed by atoms with Gasteiger partial charge in [-0.2, -0.15) is 0 Å². The van der Waals surface area contributed by atoms with Gasteiger partial charge in [0.15, 0.2) is 0 Å². The Bertz CT molecular complexity index is 304. The number of carbonyl (C=O) groups is 1. The molecule has 0 aromatic carbocycles. The van der Waals surface area contributed by atoms with E-state index in [1.807, 2.05) is 20.8 Å². The number of hydrogen-bond donors (Lipinski definition) is 1. The Morgan fingerprint density at radius 2 is 1.92 bits per heavy atom. The van der Waals surface area contributed by atoms with Gasteiger partial charge in [0.2, 0.25) is 0 Å². The van der Waals surface area contributed by atoms with Crippen molar-refractivity contribution in [2.24, 2.45) is 5.73 Å². The Labute approximate surface area is 78.0 Å². The van der Waals surface area contributed by atoms with Crippen LogP contribution in [0.5, 0.6) is 0 Å². The second-order valence-corrected chi connectivity index (χ2v) is 2.73. The summed E-state index contributed by atoms with van der Waals surface area (Å²) in [6.45, 7) is 5.82. The fraction of sp³-hybridized carbons (Fsp3) is 0.375. The Kier molecular flexibility index (Phi) is 3.34. The monoisotopic (exact) mass is 188 g/mol. The van der Waals surface area contributed by atoms with Crippen LogP contribution in [0.4, 0.5) is 4.79 Å². The molecule has 4 heteroatoms. The summed E-state index contributed by atoms with van der Waals surface area (Å²) < 4.78 is 1.46. The van der Waals surface area contributed by atoms with Gasteiger partial charge in [0.25, 0.3) is 0 Å². The molecular formula is C8H13ClN2O. The molecule has 0 radical (unpaired) electrons. The zero-order chi connectivity index (χ0) is 8.59. The van der Waals surface area contributed by atoms with Crippen molar-refractivity contribution in [2.75, 3.05) is 0 Å². The SMILES string of the molecule is Cc1cn(C(N)=O)c(C)c1C.Cl. The molecule has 0 fully saturated rings. The minimum absolute atomic E-state index is 0. The molecule has 0 unspecified atom stereocenters. The maximum absolute atomic E-state index is 10.8. The first-order valence-corrected chi connectivity index (χ1v) is 3.49. The first kappa shape index (κ1) is 11.0. The van der Waals surface area contributed by atoms with E-state index in [2.05, 4.69) is 0 Å². The first-order chi connectivity index (χ1) is 5.04. The molecule has 1 rings (SSSR count). The summed E-state index contributed by atoms with van der Waals surface area (Å²) in [6.07, 6.45) is 1.76. The van der Waals surface area contributed by atoms with Crippen LogP contribution in [0.2, 0.25) is 0 Å². The molecular weight excluding hydrogens is 176 g/mol. The van der Waals surface area contributed by atoms with Gasteiger partial charge in [-0.3, -0.25) is 4.57 Å². The Hall–Kier alpha value is -0.960. The first-order valence-electron chi connectivity index (χ1n) is 3.49. The smallest absolute Gasteiger partial charge is 0.323 e. The van der Waals surface area contributed by atoms with Crippen molar-refractivity contribution >= 4 is 18.4 Å². The molecule has 1 amide bonds. The zero-order valence-corrected chi connectivity index (χ0v) is 8.23. The highest BCUT2D eigenvalue weighted by molar-refractivity contribution is 5.85. The van der Waals surface area contributed by atoms with Crippen LogP contribution in [0.15, 0.2) is 6.20 Å². The Balaban J connectivity index is 0.00000121. The van der Waals surface area contributed by atoms with Gasteiger partial charge in [0.05, 0.1) is 0 Å². The van der Waals surface area contributed by atoms with Gasteiger partial charge in [-0.15, -0.1) is 12.4 Å². The van der Waals surface area contributed by atoms with Gasteiger partial charge in [0, 0.05) is 11.9 Å². The summed E-state index contributed by atoms with van der Waals surface area (Å²) in [6, 6.07) is -0.418. The van der Waals surface area contributed by atoms with Crippen molar-refractivity contribution in [1.29, 1.82) is 0 Å². The van der Waals surface area contributed by atoms with E-state index in [1.54, 1.807) is 6.20 Å². The third-order valence-corrected chi connectivity index (χ3v) is 2.06. The lowest BCUT2D eigenvalue weighted by Gasteiger charge is -1.98. The number of aromatic nitrogens is 1. The molecule has 0 saturated carbocycles. The number of primary amides is 1. The van der Waals surface area contributed by atoms with E-state index in [0.717, 1.165) is 16.8 Å². The van der Waals surface area contributed by atoms with Crippen molar-refractivity contribution in [3.8, 4) is 0 Å². The van der Waals surface area contributed by atoms with Crippen LogP contribution in [-0.4, -0.2) is 10.6 Å². The van der Waals surface area contributed by atoms with Crippen LogP contribution in [0.25, 0.3) is 0 Å². The van der Waals surface area contributed by atoms with Crippen molar-refractivity contribution in [1.82, 2.24) is 4.57 Å². The highest BCUT2D eigenvalue weighted by atomic mass is 35.5. The number of hydrogen-bond acceptors (Lipinski definition) is 1. The van der Waals surface area contributed by atoms with Crippen LogP contribution in [0, 0.1) is 20.8 Å². The maximum Gasteiger partial charge on any atom is 0.323 e. The second-order valence-electron chi connectivity index (χ2n) is 2.73. The quantitative estimate of drug-likeness (QED) is 0.663.